The molecule has 0 radical (unpaired) electrons. The molecule has 6 atom stereocenters. The average molecular weight is 500 g/mol. The van der Waals surface area contributed by atoms with Crippen molar-refractivity contribution in [3.8, 4) is 0 Å². The molecule has 2 aliphatic rings. The number of carbonyl (C=O) groups excluding carboxylic acids is 2. The number of rotatable bonds is 10. The van der Waals surface area contributed by atoms with Gasteiger partial charge in [-0.1, -0.05) is 25.1 Å². The van der Waals surface area contributed by atoms with Crippen LogP contribution in [0.25, 0.3) is 0 Å². The predicted molar refractivity (Wildman–Crippen MR) is 127 cm³/mol. The van der Waals surface area contributed by atoms with Crippen LogP contribution in [0.4, 0.5) is 0 Å². The minimum Gasteiger partial charge on any atom is -0.456 e. The van der Waals surface area contributed by atoms with E-state index in [0.29, 0.717) is 18.6 Å². The van der Waals surface area contributed by atoms with Gasteiger partial charge in [-0.05, 0) is 50.1 Å². The Balaban J connectivity index is 1.54. The zero-order chi connectivity index (χ0) is 24.0. The smallest absolute Gasteiger partial charge is 0.338 e. The molecule has 0 aliphatic carbocycles. The molecule has 0 saturated carbocycles. The van der Waals surface area contributed by atoms with Gasteiger partial charge in [0.25, 0.3) is 0 Å². The van der Waals surface area contributed by atoms with E-state index in [1.807, 2.05) is 24.8 Å². The lowest BCUT2D eigenvalue weighted by molar-refractivity contribution is -0.129. The average Bonchev–Trinajstić information content (AvgIpc) is 3.38. The molecule has 2 saturated heterocycles. The van der Waals surface area contributed by atoms with Gasteiger partial charge >= 0.3 is 12.7 Å². The SMILES string of the molecule is COP(=S)(OCCC1CCCN1C(C)=O)OC[C@H]1O[C@@H](C)[C@H](C)[C@@H]1OC(=O)c1ccccc1. The Labute approximate surface area is 201 Å². The summed E-state index contributed by atoms with van der Waals surface area (Å²) in [5, 5.41) is 0. The molecule has 2 heterocycles. The standard InChI is InChI=1S/C23H34NO7PS/c1-16-17(2)30-21(22(16)31-23(26)19-9-6-5-7-10-19)15-29-32(33,27-4)28-14-12-20-11-8-13-24(20)18(3)25/h5-7,9-10,16-17,20-22H,8,11-15H2,1-4H3/t16-,17-,20?,21+,22-,32?/m0/s1. The fraction of sp³-hybridized carbons (Fsp3) is 0.652. The Bertz CT molecular complexity index is 854. The number of carbonyl (C=O) groups is 2. The maximum atomic E-state index is 12.6. The van der Waals surface area contributed by atoms with Crippen LogP contribution in [0.15, 0.2) is 30.3 Å². The second-order valence-corrected chi connectivity index (χ2v) is 11.6. The summed E-state index contributed by atoms with van der Waals surface area (Å²) >= 11 is 5.52. The third-order valence-corrected chi connectivity index (χ3v) is 8.86. The van der Waals surface area contributed by atoms with E-state index >= 15 is 0 Å². The summed E-state index contributed by atoms with van der Waals surface area (Å²) in [7, 11) is 1.46. The van der Waals surface area contributed by atoms with Gasteiger partial charge < -0.3 is 27.9 Å². The summed E-state index contributed by atoms with van der Waals surface area (Å²) in [4.78, 5) is 26.2. The minimum atomic E-state index is -3.00. The quantitative estimate of drug-likeness (QED) is 0.354. The Morgan fingerprint density at radius 3 is 2.61 bits per heavy atom. The summed E-state index contributed by atoms with van der Waals surface area (Å²) in [6.45, 7) is 3.73. The summed E-state index contributed by atoms with van der Waals surface area (Å²) in [5.74, 6) is -0.325. The van der Waals surface area contributed by atoms with E-state index in [-0.39, 0.29) is 30.6 Å². The van der Waals surface area contributed by atoms with Crippen molar-refractivity contribution in [3.63, 3.8) is 0 Å². The molecule has 184 valence electrons. The van der Waals surface area contributed by atoms with E-state index < -0.39 is 24.9 Å². The van der Waals surface area contributed by atoms with E-state index in [2.05, 4.69) is 0 Å². The van der Waals surface area contributed by atoms with Crippen molar-refractivity contribution in [1.82, 2.24) is 4.90 Å². The van der Waals surface area contributed by atoms with Gasteiger partial charge in [0.05, 0.1) is 24.9 Å². The highest BCUT2D eigenvalue weighted by molar-refractivity contribution is 8.07. The number of hydrogen-bond acceptors (Lipinski definition) is 8. The van der Waals surface area contributed by atoms with Crippen LogP contribution in [0.5, 0.6) is 0 Å². The summed E-state index contributed by atoms with van der Waals surface area (Å²) in [6.07, 6.45) is 1.57. The van der Waals surface area contributed by atoms with Crippen molar-refractivity contribution in [2.24, 2.45) is 5.92 Å². The number of benzene rings is 1. The van der Waals surface area contributed by atoms with E-state index in [0.717, 1.165) is 19.4 Å². The predicted octanol–water partition coefficient (Wildman–Crippen LogP) is 3.94. The van der Waals surface area contributed by atoms with Gasteiger partial charge in [0.2, 0.25) is 5.91 Å². The minimum absolute atomic E-state index is 0.00693. The van der Waals surface area contributed by atoms with E-state index in [4.69, 9.17) is 34.9 Å². The van der Waals surface area contributed by atoms with Crippen LogP contribution in [0.3, 0.4) is 0 Å². The van der Waals surface area contributed by atoms with Crippen LogP contribution >= 0.6 is 6.72 Å². The number of nitrogens with zero attached hydrogens (tertiary/aromatic N) is 1. The van der Waals surface area contributed by atoms with Gasteiger partial charge in [-0.2, -0.15) is 0 Å². The Morgan fingerprint density at radius 2 is 1.94 bits per heavy atom. The van der Waals surface area contributed by atoms with Gasteiger partial charge in [-0.25, -0.2) is 4.79 Å². The molecule has 2 fully saturated rings. The Morgan fingerprint density at radius 1 is 1.21 bits per heavy atom. The fourth-order valence-electron chi connectivity index (χ4n) is 4.32. The first-order chi connectivity index (χ1) is 15.7. The van der Waals surface area contributed by atoms with Crippen LogP contribution < -0.4 is 0 Å². The molecule has 1 aromatic carbocycles. The molecule has 2 aliphatic heterocycles. The van der Waals surface area contributed by atoms with Crippen molar-refractivity contribution >= 4 is 30.4 Å². The topological polar surface area (TPSA) is 83.5 Å². The third-order valence-electron chi connectivity index (χ3n) is 6.37. The zero-order valence-corrected chi connectivity index (χ0v) is 21.4. The molecule has 8 nitrogen and oxygen atoms in total. The van der Waals surface area contributed by atoms with Gasteiger partial charge in [-0.15, -0.1) is 0 Å². The molecule has 33 heavy (non-hydrogen) atoms. The van der Waals surface area contributed by atoms with E-state index in [9.17, 15) is 9.59 Å². The van der Waals surface area contributed by atoms with Crippen LogP contribution in [-0.4, -0.2) is 68.0 Å². The maximum Gasteiger partial charge on any atom is 0.338 e. The zero-order valence-electron chi connectivity index (χ0n) is 19.7. The second kappa shape index (κ2) is 11.9. The summed E-state index contributed by atoms with van der Waals surface area (Å²) < 4.78 is 29.0. The first-order valence-electron chi connectivity index (χ1n) is 11.4. The van der Waals surface area contributed by atoms with Gasteiger partial charge in [0.15, 0.2) is 0 Å². The largest absolute Gasteiger partial charge is 0.456 e. The highest BCUT2D eigenvalue weighted by Crippen LogP contribution is 2.50. The second-order valence-electron chi connectivity index (χ2n) is 8.53. The van der Waals surface area contributed by atoms with Crippen LogP contribution in [0.2, 0.25) is 0 Å². The summed E-state index contributed by atoms with van der Waals surface area (Å²) in [5.41, 5.74) is 0.487. The number of likely N-dealkylation sites (tertiary alicyclic amines) is 1. The Kier molecular flexibility index (Phi) is 9.44. The lowest BCUT2D eigenvalue weighted by atomic mass is 9.99. The fourth-order valence-corrected chi connectivity index (χ4v) is 5.67. The Hall–Kier alpha value is -1.35. The summed E-state index contributed by atoms with van der Waals surface area (Å²) in [6, 6.07) is 9.02. The molecule has 3 rings (SSSR count). The molecule has 2 unspecified atom stereocenters. The molecule has 1 amide bonds. The van der Waals surface area contributed by atoms with Crippen molar-refractivity contribution < 1.29 is 32.6 Å². The first kappa shape index (κ1) is 26.3. The molecular weight excluding hydrogens is 465 g/mol. The molecular formula is C23H34NO7PS. The molecule has 10 heteroatoms. The first-order valence-corrected chi connectivity index (χ1v) is 13.9. The van der Waals surface area contributed by atoms with Crippen molar-refractivity contribution in [2.75, 3.05) is 26.9 Å². The van der Waals surface area contributed by atoms with E-state index in [1.165, 1.54) is 7.11 Å². The third kappa shape index (κ3) is 6.84. The molecule has 1 aromatic rings. The maximum absolute atomic E-state index is 12.6. The van der Waals surface area contributed by atoms with Crippen LogP contribution in [0, 0.1) is 5.92 Å². The molecule has 0 aromatic heterocycles. The molecule has 0 N–H and O–H groups in total. The molecule has 0 bridgehead atoms. The number of esters is 1. The monoisotopic (exact) mass is 499 g/mol. The van der Waals surface area contributed by atoms with Gasteiger partial charge in [0, 0.05) is 32.5 Å². The normalized spacial score (nSPS) is 29.1. The number of amides is 1. The highest BCUT2D eigenvalue weighted by atomic mass is 32.5. The van der Waals surface area contributed by atoms with Crippen LogP contribution in [0.1, 0.15) is 50.4 Å². The number of ether oxygens (including phenoxy) is 2. The van der Waals surface area contributed by atoms with Gasteiger partial charge in [-0.3, -0.25) is 4.79 Å². The van der Waals surface area contributed by atoms with Gasteiger partial charge in [0.1, 0.15) is 12.2 Å². The molecule has 0 spiro atoms. The van der Waals surface area contributed by atoms with Crippen molar-refractivity contribution in [2.45, 2.75) is 64.4 Å². The lowest BCUT2D eigenvalue weighted by Gasteiger charge is -2.26. The number of hydrogen-bond donors (Lipinski definition) is 0. The lowest BCUT2D eigenvalue weighted by Crippen LogP contribution is -2.35. The highest BCUT2D eigenvalue weighted by Gasteiger charge is 2.43. The van der Waals surface area contributed by atoms with Crippen molar-refractivity contribution in [1.29, 1.82) is 0 Å². The van der Waals surface area contributed by atoms with Crippen LogP contribution in [-0.2, 0) is 39.6 Å². The van der Waals surface area contributed by atoms with Crippen molar-refractivity contribution in [3.05, 3.63) is 35.9 Å². The van der Waals surface area contributed by atoms with E-state index in [1.54, 1.807) is 31.2 Å².